The summed E-state index contributed by atoms with van der Waals surface area (Å²) >= 11 is 13.3. The number of benzene rings is 2. The van der Waals surface area contributed by atoms with Crippen molar-refractivity contribution in [3.05, 3.63) is 43.5 Å². The molecule has 0 radical (unpaired) electrons. The van der Waals surface area contributed by atoms with E-state index in [1.807, 2.05) is 0 Å². The number of nitrogens with two attached hydrogens (primary N) is 1. The van der Waals surface area contributed by atoms with Gasteiger partial charge in [-0.2, -0.15) is 0 Å². The van der Waals surface area contributed by atoms with Gasteiger partial charge in [-0.3, -0.25) is 52.7 Å². The van der Waals surface area contributed by atoms with Crippen LogP contribution in [-0.2, 0) is 57.4 Å². The number of amides is 10. The lowest BCUT2D eigenvalue weighted by molar-refractivity contribution is -0.163. The number of cyclic esters (lactones) is 2. The summed E-state index contributed by atoms with van der Waals surface area (Å²) in [6.45, 7) is 15.1. The van der Waals surface area contributed by atoms with E-state index in [0.717, 1.165) is 9.80 Å². The highest BCUT2D eigenvalue weighted by molar-refractivity contribution is 6.36. The third-order valence-electron chi connectivity index (χ3n) is 17.0. The molecule has 0 bridgehead atoms. The summed E-state index contributed by atoms with van der Waals surface area (Å²) in [6, 6.07) is -8.60. The van der Waals surface area contributed by atoms with E-state index in [1.165, 1.54) is 73.8 Å². The molecule has 10 amide bonds. The van der Waals surface area contributed by atoms with E-state index in [4.69, 9.17) is 42.8 Å². The standard InChI is InChI=1S/C60H80Cl2N12O16/c1-25(2)40-57(84)73-21-15-17-33(73)55(82)69(11)23-35(75)71(13)46(27(5)6)59(86)88-29(9)42(53(80)65-40)67-51(78)31-19-20-32(61)49-44(31)64-45-37(39(63)48(77)38(62)50(45)90-49)52(79)68-43-30(10)89-60(87)47(28(7)8)72(14)36(76)24-70(12)56(83)34-18-16-22-74(34)58(85)41(26(3)4)66-54(43)81/h19-20,25-30,33-34,40-43,46-47H,15-18,21-24,63H2,1-14H3,(H,65,80)(H,66,81)(H,67,78)(H,68,79)/t29-,30-,33+,34+,40-,41-,42+,43+,46+,47+/m1/s1. The van der Waals surface area contributed by atoms with Crippen LogP contribution in [-0.4, -0.2) is 220 Å². The van der Waals surface area contributed by atoms with Gasteiger partial charge in [-0.05, 0) is 75.3 Å². The minimum Gasteiger partial charge on any atom is -0.458 e. The number of ether oxygens (including phenoxy) is 2. The van der Waals surface area contributed by atoms with E-state index in [0.29, 0.717) is 12.8 Å². The lowest BCUT2D eigenvalue weighted by atomic mass is 9.99. The van der Waals surface area contributed by atoms with Gasteiger partial charge in [-0.15, -0.1) is 0 Å². The molecule has 90 heavy (non-hydrogen) atoms. The van der Waals surface area contributed by atoms with Crippen molar-refractivity contribution in [2.75, 3.05) is 60.1 Å². The number of esters is 2. The van der Waals surface area contributed by atoms with Crippen LogP contribution in [0.2, 0.25) is 10.0 Å². The molecule has 0 aromatic heterocycles. The Labute approximate surface area is 530 Å². The molecule has 490 valence electrons. The van der Waals surface area contributed by atoms with Crippen LogP contribution in [0.25, 0.3) is 22.6 Å². The second-order valence-corrected chi connectivity index (χ2v) is 25.7. The number of likely N-dealkylation sites (N-methyl/N-ethyl adjacent to an activating group) is 4. The summed E-state index contributed by atoms with van der Waals surface area (Å²) in [7, 11) is 5.52. The summed E-state index contributed by atoms with van der Waals surface area (Å²) < 4.78 is 18.0. The maximum absolute atomic E-state index is 15.1. The van der Waals surface area contributed by atoms with Crippen molar-refractivity contribution in [3.8, 4) is 11.5 Å². The number of carbonyl (C=O) groups is 12. The lowest BCUT2D eigenvalue weighted by Gasteiger charge is -2.36. The van der Waals surface area contributed by atoms with E-state index < -0.39 is 218 Å². The monoisotopic (exact) mass is 1290 g/mol. The van der Waals surface area contributed by atoms with Crippen LogP contribution in [0, 0.1) is 23.7 Å². The zero-order valence-corrected chi connectivity index (χ0v) is 54.4. The Balaban J connectivity index is 1.32. The number of halogens is 2. The molecule has 6 aliphatic rings. The molecule has 0 saturated carbocycles. The van der Waals surface area contributed by atoms with E-state index in [1.54, 1.807) is 55.4 Å². The maximum atomic E-state index is 15.1. The molecule has 5 heterocycles. The summed E-state index contributed by atoms with van der Waals surface area (Å²) in [4.78, 5) is 198. The minimum absolute atomic E-state index is 0.135. The highest BCUT2D eigenvalue weighted by atomic mass is 35.5. The third kappa shape index (κ3) is 13.9. The maximum Gasteiger partial charge on any atom is 0.329 e. The number of rotatable bonds is 8. The van der Waals surface area contributed by atoms with Gasteiger partial charge in [0.25, 0.3) is 11.8 Å². The molecule has 5 aliphatic heterocycles. The Kier molecular flexibility index (Phi) is 21.5. The summed E-state index contributed by atoms with van der Waals surface area (Å²) in [5, 5.41) is 9.55. The van der Waals surface area contributed by atoms with Crippen molar-refractivity contribution in [2.24, 2.45) is 23.7 Å². The fourth-order valence-corrected chi connectivity index (χ4v) is 12.4. The van der Waals surface area contributed by atoms with Crippen molar-refractivity contribution in [1.29, 1.82) is 0 Å². The molecule has 0 spiro atoms. The number of hydrogen-bond acceptors (Lipinski definition) is 18. The van der Waals surface area contributed by atoms with Crippen molar-refractivity contribution in [1.82, 2.24) is 55.7 Å². The number of carbonyl (C=O) groups excluding carboxylic acids is 12. The molecule has 6 N–H and O–H groups in total. The molecular formula is C60H80Cl2N12O16. The van der Waals surface area contributed by atoms with Gasteiger partial charge in [0, 0.05) is 41.3 Å². The molecule has 0 unspecified atom stereocenters. The van der Waals surface area contributed by atoms with E-state index in [9.17, 15) is 52.7 Å². The van der Waals surface area contributed by atoms with Crippen molar-refractivity contribution >= 4 is 111 Å². The largest absolute Gasteiger partial charge is 0.458 e. The Bertz CT molecular complexity index is 3430. The molecule has 28 nitrogen and oxygen atoms in total. The SMILES string of the molecule is CC(C)[C@H]1C(=O)O[C@H](C)[C@H](NC(=O)c2c3nc4c(C(=O)N[C@@H]5C(=O)N[C@H](C(C)C)C(=O)N6CCC[C@H]6C(=O)N(C)CC(=O)N(C)[C@@H](C(C)C)C(=O)O[C@@H]5C)ccc(Cl)c4oc-3c(Cl)c(=O)c2N)C(=O)N[C@H](C(C)C)C(=O)N2CCC[C@H]2C(=O)N(C)CC(=O)N1C. The number of nitrogens with zero attached hydrogens (tertiary/aromatic N) is 7. The van der Waals surface area contributed by atoms with Gasteiger partial charge >= 0.3 is 11.9 Å². The average Bonchev–Trinajstić information content (AvgIpc) is 0.875. The van der Waals surface area contributed by atoms with Gasteiger partial charge < -0.3 is 70.3 Å². The highest BCUT2D eigenvalue weighted by Gasteiger charge is 2.47. The Morgan fingerprint density at radius 3 is 1.46 bits per heavy atom. The first-order valence-electron chi connectivity index (χ1n) is 29.9. The summed E-state index contributed by atoms with van der Waals surface area (Å²) in [5.41, 5.74) is 1.81. The van der Waals surface area contributed by atoms with Crippen LogP contribution in [0.1, 0.15) is 116 Å². The zero-order valence-electron chi connectivity index (χ0n) is 52.9. The summed E-state index contributed by atoms with van der Waals surface area (Å²) in [5.74, 6) is -13.2. The van der Waals surface area contributed by atoms with E-state index >= 15 is 9.59 Å². The Morgan fingerprint density at radius 2 is 1.04 bits per heavy atom. The summed E-state index contributed by atoms with van der Waals surface area (Å²) in [6.07, 6.45) is -1.80. The molecule has 4 saturated heterocycles. The zero-order chi connectivity index (χ0) is 67.0. The van der Waals surface area contributed by atoms with Gasteiger partial charge in [0.05, 0.1) is 34.9 Å². The van der Waals surface area contributed by atoms with Crippen LogP contribution in [0.4, 0.5) is 5.69 Å². The van der Waals surface area contributed by atoms with Crippen molar-refractivity contribution in [2.45, 2.75) is 155 Å². The van der Waals surface area contributed by atoms with E-state index in [-0.39, 0.29) is 31.0 Å². The number of hydrogen-bond donors (Lipinski definition) is 5. The van der Waals surface area contributed by atoms with Gasteiger partial charge in [0.1, 0.15) is 76.8 Å². The van der Waals surface area contributed by atoms with Crippen LogP contribution in [0.3, 0.4) is 0 Å². The van der Waals surface area contributed by atoms with E-state index in [2.05, 4.69) is 26.3 Å². The number of anilines is 1. The van der Waals surface area contributed by atoms with Crippen molar-refractivity contribution in [3.63, 3.8) is 0 Å². The first-order chi connectivity index (χ1) is 42.1. The number of fused-ring (bicyclic) bond motifs is 4. The smallest absolute Gasteiger partial charge is 0.329 e. The fourth-order valence-electron chi connectivity index (χ4n) is 11.9. The molecule has 4 fully saturated rings. The fraction of sp³-hybridized carbons (Fsp3) is 0.600. The van der Waals surface area contributed by atoms with Crippen molar-refractivity contribution < 1.29 is 71.4 Å². The van der Waals surface area contributed by atoms with Crippen LogP contribution in [0.15, 0.2) is 21.3 Å². The first-order valence-corrected chi connectivity index (χ1v) is 30.7. The highest BCUT2D eigenvalue weighted by Crippen LogP contribution is 2.38. The van der Waals surface area contributed by atoms with Gasteiger partial charge in [-0.1, -0.05) is 78.6 Å². The molecule has 1 aromatic carbocycles. The normalized spacial score (nSPS) is 26.2. The Morgan fingerprint density at radius 1 is 0.622 bits per heavy atom. The van der Waals surface area contributed by atoms with Gasteiger partial charge in [0.15, 0.2) is 11.3 Å². The predicted octanol–water partition coefficient (Wildman–Crippen LogP) is 1.42. The topological polar surface area (TPSA) is 360 Å². The number of aromatic nitrogens is 1. The van der Waals surface area contributed by atoms with Crippen LogP contribution < -0.4 is 32.4 Å². The lowest BCUT2D eigenvalue weighted by Crippen LogP contribution is -2.61. The van der Waals surface area contributed by atoms with Gasteiger partial charge in [0.2, 0.25) is 52.7 Å². The molecule has 10 atom stereocenters. The molecule has 30 heteroatoms. The van der Waals surface area contributed by atoms with Gasteiger partial charge in [-0.25, -0.2) is 14.6 Å². The van der Waals surface area contributed by atoms with Crippen LogP contribution >= 0.6 is 23.2 Å². The second-order valence-electron chi connectivity index (χ2n) is 24.9. The molecule has 7 rings (SSSR count). The van der Waals surface area contributed by atoms with Crippen LogP contribution in [0.5, 0.6) is 0 Å². The quantitative estimate of drug-likeness (QED) is 0.121. The molecule has 1 aromatic rings. The average molecular weight is 1300 g/mol. The first kappa shape index (κ1) is 69.3. The molecule has 1 aliphatic carbocycles. The number of nitrogen functional groups attached to an aromatic ring is 1. The minimum atomic E-state index is -1.94. The second kappa shape index (κ2) is 27.9. The predicted molar refractivity (Wildman–Crippen MR) is 326 cm³/mol. The number of nitrogens with one attached hydrogen (secondary N) is 4. The third-order valence-corrected chi connectivity index (χ3v) is 17.6. The molecular weight excluding hydrogens is 1220 g/mol. The Hall–Kier alpha value is -8.14.